The lowest BCUT2D eigenvalue weighted by Crippen LogP contribution is -2.00. The molecule has 0 unspecified atom stereocenters. The molecule has 6 nitrogen and oxygen atoms in total. The van der Waals surface area contributed by atoms with Crippen LogP contribution in [0.15, 0.2) is 179 Å². The zero-order valence-electron chi connectivity index (χ0n) is 28.8. The first-order valence-corrected chi connectivity index (χ1v) is 17.9. The van der Waals surface area contributed by atoms with E-state index in [1.807, 2.05) is 79.0 Å². The fourth-order valence-corrected chi connectivity index (χ4v) is 7.79. The average molecular weight is 693 g/mol. The second-order valence-corrected chi connectivity index (χ2v) is 13.4. The molecule has 11 aromatic rings. The molecule has 54 heavy (non-hydrogen) atoms. The maximum Gasteiger partial charge on any atom is 0.164 e. The van der Waals surface area contributed by atoms with Gasteiger partial charge in [0.1, 0.15) is 22.3 Å². The summed E-state index contributed by atoms with van der Waals surface area (Å²) in [5.41, 5.74) is 10.6. The Labute approximate surface area is 309 Å². The van der Waals surface area contributed by atoms with Crippen LogP contribution in [0.2, 0.25) is 0 Å². The van der Waals surface area contributed by atoms with Crippen LogP contribution >= 0.6 is 0 Å². The van der Waals surface area contributed by atoms with Gasteiger partial charge < -0.3 is 8.83 Å². The summed E-state index contributed by atoms with van der Waals surface area (Å²) in [6, 6.07) is 54.1. The summed E-state index contributed by atoms with van der Waals surface area (Å²) >= 11 is 0. The van der Waals surface area contributed by atoms with E-state index in [1.54, 1.807) is 6.20 Å². The average Bonchev–Trinajstić information content (AvgIpc) is 3.82. The summed E-state index contributed by atoms with van der Waals surface area (Å²) in [6.07, 6.45) is 3.57. The van der Waals surface area contributed by atoms with E-state index < -0.39 is 0 Å². The van der Waals surface area contributed by atoms with E-state index in [4.69, 9.17) is 23.8 Å². The Balaban J connectivity index is 1.03. The molecule has 0 atom stereocenters. The van der Waals surface area contributed by atoms with E-state index >= 15 is 0 Å². The van der Waals surface area contributed by atoms with Crippen LogP contribution in [0.5, 0.6) is 0 Å². The van der Waals surface area contributed by atoms with E-state index in [0.29, 0.717) is 17.5 Å². The van der Waals surface area contributed by atoms with Crippen molar-refractivity contribution < 1.29 is 8.83 Å². The summed E-state index contributed by atoms with van der Waals surface area (Å²) in [6.45, 7) is 0. The Hall–Kier alpha value is -7.44. The molecule has 0 spiro atoms. The molecule has 0 aliphatic carbocycles. The van der Waals surface area contributed by atoms with Gasteiger partial charge in [0.15, 0.2) is 17.5 Å². The molecule has 0 aliphatic rings. The standard InChI is InChI=1S/C48H28N4O2/c1-2-10-30(11-3-1)46-50-47(52-48(51-46)38-18-9-21-43-45(38)39-28-49-27-26-41(39)54-43)31-24-22-29(23-25-31)32-13-6-15-34-33(32)14-7-16-35(34)36-17-8-20-42-44(36)37-12-4-5-19-40(37)53-42/h1-28H. The van der Waals surface area contributed by atoms with Gasteiger partial charge in [-0.2, -0.15) is 0 Å². The molecule has 4 aromatic heterocycles. The number of nitrogens with zero attached hydrogens (tertiary/aromatic N) is 4. The largest absolute Gasteiger partial charge is 0.456 e. The fraction of sp³-hybridized carbons (Fsp3) is 0. The number of furan rings is 2. The lowest BCUT2D eigenvalue weighted by atomic mass is 9.91. The number of aromatic nitrogens is 4. The topological polar surface area (TPSA) is 77.8 Å². The molecule has 0 N–H and O–H groups in total. The number of benzene rings is 7. The van der Waals surface area contributed by atoms with Crippen molar-refractivity contribution in [1.29, 1.82) is 0 Å². The van der Waals surface area contributed by atoms with Crippen LogP contribution in [-0.2, 0) is 0 Å². The fourth-order valence-electron chi connectivity index (χ4n) is 7.79. The molecule has 0 amide bonds. The summed E-state index contributed by atoms with van der Waals surface area (Å²) < 4.78 is 12.4. The van der Waals surface area contributed by atoms with Gasteiger partial charge in [-0.05, 0) is 57.3 Å². The molecule has 7 aromatic carbocycles. The Kier molecular flexibility index (Phi) is 6.75. The van der Waals surface area contributed by atoms with Gasteiger partial charge in [0.05, 0.1) is 0 Å². The van der Waals surface area contributed by atoms with Crippen molar-refractivity contribution in [3.05, 3.63) is 170 Å². The van der Waals surface area contributed by atoms with Crippen molar-refractivity contribution in [2.45, 2.75) is 0 Å². The normalized spacial score (nSPS) is 11.7. The molecule has 6 heteroatoms. The quantitative estimate of drug-likeness (QED) is 0.179. The predicted molar refractivity (Wildman–Crippen MR) is 217 cm³/mol. The number of para-hydroxylation sites is 1. The van der Waals surface area contributed by atoms with Crippen molar-refractivity contribution in [2.24, 2.45) is 0 Å². The van der Waals surface area contributed by atoms with E-state index in [1.165, 1.54) is 16.3 Å². The molecule has 0 aliphatic heterocycles. The van der Waals surface area contributed by atoms with Gasteiger partial charge >= 0.3 is 0 Å². The monoisotopic (exact) mass is 692 g/mol. The summed E-state index contributed by atoms with van der Waals surface area (Å²) in [7, 11) is 0. The molecule has 0 saturated carbocycles. The lowest BCUT2D eigenvalue weighted by molar-refractivity contribution is 0.668. The molecular weight excluding hydrogens is 665 g/mol. The molecule has 4 heterocycles. The second-order valence-electron chi connectivity index (χ2n) is 13.4. The van der Waals surface area contributed by atoms with Gasteiger partial charge in [-0.1, -0.05) is 133 Å². The molecule has 0 saturated heterocycles. The molecule has 0 bridgehead atoms. The van der Waals surface area contributed by atoms with Crippen molar-refractivity contribution in [3.63, 3.8) is 0 Å². The number of hydrogen-bond donors (Lipinski definition) is 0. The van der Waals surface area contributed by atoms with Gasteiger partial charge in [0.2, 0.25) is 0 Å². The number of rotatable bonds is 5. The first-order valence-electron chi connectivity index (χ1n) is 17.9. The zero-order chi connectivity index (χ0) is 35.6. The molecule has 11 rings (SSSR count). The summed E-state index contributed by atoms with van der Waals surface area (Å²) in [5.74, 6) is 1.76. The van der Waals surface area contributed by atoms with Crippen LogP contribution in [0.1, 0.15) is 0 Å². The summed E-state index contributed by atoms with van der Waals surface area (Å²) in [4.78, 5) is 19.5. The highest BCUT2D eigenvalue weighted by molar-refractivity contribution is 6.16. The van der Waals surface area contributed by atoms with E-state index in [0.717, 1.165) is 77.3 Å². The third-order valence-corrected chi connectivity index (χ3v) is 10.3. The second kappa shape index (κ2) is 12.1. The first kappa shape index (κ1) is 30.2. The maximum atomic E-state index is 6.24. The van der Waals surface area contributed by atoms with Crippen LogP contribution in [0, 0.1) is 0 Å². The minimum Gasteiger partial charge on any atom is -0.456 e. The van der Waals surface area contributed by atoms with Crippen LogP contribution in [0.25, 0.3) is 111 Å². The van der Waals surface area contributed by atoms with Crippen molar-refractivity contribution in [3.8, 4) is 56.4 Å². The zero-order valence-corrected chi connectivity index (χ0v) is 28.8. The van der Waals surface area contributed by atoms with E-state index in [9.17, 15) is 0 Å². The number of fused-ring (bicyclic) bond motifs is 7. The summed E-state index contributed by atoms with van der Waals surface area (Å²) in [5, 5.41) is 6.47. The highest BCUT2D eigenvalue weighted by Gasteiger charge is 2.19. The van der Waals surface area contributed by atoms with E-state index in [2.05, 4.69) is 89.9 Å². The smallest absolute Gasteiger partial charge is 0.164 e. The van der Waals surface area contributed by atoms with Crippen molar-refractivity contribution in [1.82, 2.24) is 19.9 Å². The van der Waals surface area contributed by atoms with Gasteiger partial charge in [-0.15, -0.1) is 0 Å². The molecule has 252 valence electrons. The van der Waals surface area contributed by atoms with Gasteiger partial charge in [-0.3, -0.25) is 4.98 Å². The molecule has 0 radical (unpaired) electrons. The number of hydrogen-bond acceptors (Lipinski definition) is 6. The number of pyridine rings is 1. The highest BCUT2D eigenvalue weighted by atomic mass is 16.3. The van der Waals surface area contributed by atoms with Crippen LogP contribution < -0.4 is 0 Å². The Morgan fingerprint density at radius 3 is 1.61 bits per heavy atom. The highest BCUT2D eigenvalue weighted by Crippen LogP contribution is 2.41. The molecular formula is C48H28N4O2. The third kappa shape index (κ3) is 4.81. The van der Waals surface area contributed by atoms with Gasteiger partial charge in [0, 0.05) is 50.6 Å². The minimum atomic E-state index is 0.571. The van der Waals surface area contributed by atoms with Crippen LogP contribution in [-0.4, -0.2) is 19.9 Å². The van der Waals surface area contributed by atoms with Crippen LogP contribution in [0.4, 0.5) is 0 Å². The Morgan fingerprint density at radius 2 is 0.833 bits per heavy atom. The maximum absolute atomic E-state index is 6.24. The van der Waals surface area contributed by atoms with Crippen LogP contribution in [0.3, 0.4) is 0 Å². The SMILES string of the molecule is c1ccc(-c2nc(-c3ccc(-c4cccc5c(-c6cccc7oc8ccccc8c67)cccc45)cc3)nc(-c3cccc4oc5ccncc5c34)n2)cc1. The first-order chi connectivity index (χ1) is 26.8. The Bertz CT molecular complexity index is 3220. The van der Waals surface area contributed by atoms with Crippen molar-refractivity contribution >= 4 is 54.6 Å². The lowest BCUT2D eigenvalue weighted by Gasteiger charge is -2.13. The predicted octanol–water partition coefficient (Wildman–Crippen LogP) is 12.6. The minimum absolute atomic E-state index is 0.571. The van der Waals surface area contributed by atoms with Crippen molar-refractivity contribution in [2.75, 3.05) is 0 Å². The van der Waals surface area contributed by atoms with Gasteiger partial charge in [-0.25, -0.2) is 15.0 Å². The Morgan fingerprint density at radius 1 is 0.315 bits per heavy atom. The van der Waals surface area contributed by atoms with Gasteiger partial charge in [0.25, 0.3) is 0 Å². The van der Waals surface area contributed by atoms with E-state index in [-0.39, 0.29) is 0 Å². The molecule has 0 fully saturated rings. The third-order valence-electron chi connectivity index (χ3n) is 10.3.